The molecule has 0 spiro atoms. The molecule has 0 atom stereocenters. The van der Waals surface area contributed by atoms with Crippen molar-refractivity contribution < 1.29 is 4.79 Å². The van der Waals surface area contributed by atoms with Crippen molar-refractivity contribution >= 4 is 5.91 Å². The lowest BCUT2D eigenvalue weighted by molar-refractivity contribution is -0.130. The summed E-state index contributed by atoms with van der Waals surface area (Å²) in [5, 5.41) is 0. The Morgan fingerprint density at radius 3 is 2.85 bits per heavy atom. The first-order valence-electron chi connectivity index (χ1n) is 5.37. The highest BCUT2D eigenvalue weighted by molar-refractivity contribution is 5.78. The molecule has 2 aliphatic rings. The second-order valence-electron chi connectivity index (χ2n) is 3.94. The molecule has 0 aromatic heterocycles. The highest BCUT2D eigenvalue weighted by atomic mass is 16.2. The number of allylic oxidation sites excluding steroid dienone is 2. The standard InChI is InChI=1S/C11H17NO/c13-11-8-3-1-2-6-10-7-4-5-9-12(10)11/h6H,1-5,7-9H2. The number of carbonyl (C=O) groups is 1. The van der Waals surface area contributed by atoms with Crippen LogP contribution in [0.5, 0.6) is 0 Å². The summed E-state index contributed by atoms with van der Waals surface area (Å²) in [6.45, 7) is 0.963. The van der Waals surface area contributed by atoms with Gasteiger partial charge in [0.25, 0.3) is 0 Å². The van der Waals surface area contributed by atoms with Crippen LogP contribution in [0, 0.1) is 0 Å². The molecule has 0 aromatic rings. The van der Waals surface area contributed by atoms with Crippen LogP contribution in [0.2, 0.25) is 0 Å². The lowest BCUT2D eigenvalue weighted by Crippen LogP contribution is -2.34. The third kappa shape index (κ3) is 1.93. The monoisotopic (exact) mass is 179 g/mol. The van der Waals surface area contributed by atoms with Gasteiger partial charge in [-0.2, -0.15) is 0 Å². The third-order valence-corrected chi connectivity index (χ3v) is 2.94. The van der Waals surface area contributed by atoms with Crippen molar-refractivity contribution in [1.82, 2.24) is 4.90 Å². The van der Waals surface area contributed by atoms with Gasteiger partial charge in [-0.25, -0.2) is 0 Å². The van der Waals surface area contributed by atoms with Gasteiger partial charge in [-0.3, -0.25) is 4.79 Å². The highest BCUT2D eigenvalue weighted by Crippen LogP contribution is 2.24. The SMILES string of the molecule is O=C1CCCCC=C2CCCCN12. The Morgan fingerprint density at radius 2 is 1.92 bits per heavy atom. The molecule has 72 valence electrons. The Morgan fingerprint density at radius 1 is 1.08 bits per heavy atom. The predicted molar refractivity (Wildman–Crippen MR) is 52.1 cm³/mol. The van der Waals surface area contributed by atoms with E-state index in [-0.39, 0.29) is 0 Å². The van der Waals surface area contributed by atoms with Gasteiger partial charge in [0.15, 0.2) is 0 Å². The first-order valence-corrected chi connectivity index (χ1v) is 5.37. The quantitative estimate of drug-likeness (QED) is 0.559. The van der Waals surface area contributed by atoms with Crippen LogP contribution in [0.25, 0.3) is 0 Å². The topological polar surface area (TPSA) is 20.3 Å². The van der Waals surface area contributed by atoms with Gasteiger partial charge in [0.2, 0.25) is 5.91 Å². The van der Waals surface area contributed by atoms with Crippen LogP contribution >= 0.6 is 0 Å². The zero-order chi connectivity index (χ0) is 9.10. The number of hydrogen-bond donors (Lipinski definition) is 0. The molecule has 2 aliphatic heterocycles. The Balaban J connectivity index is 2.15. The zero-order valence-corrected chi connectivity index (χ0v) is 8.09. The maximum atomic E-state index is 11.7. The predicted octanol–water partition coefficient (Wildman–Crippen LogP) is 2.46. The summed E-state index contributed by atoms with van der Waals surface area (Å²) in [4.78, 5) is 13.7. The molecule has 1 saturated heterocycles. The molecular formula is C11H17NO. The van der Waals surface area contributed by atoms with E-state index in [9.17, 15) is 4.79 Å². The molecule has 1 fully saturated rings. The Kier molecular flexibility index (Phi) is 2.67. The summed E-state index contributed by atoms with van der Waals surface area (Å²) >= 11 is 0. The number of nitrogens with zero attached hydrogens (tertiary/aromatic N) is 1. The molecule has 2 heteroatoms. The van der Waals surface area contributed by atoms with Crippen LogP contribution in [-0.2, 0) is 4.79 Å². The summed E-state index contributed by atoms with van der Waals surface area (Å²) < 4.78 is 0. The summed E-state index contributed by atoms with van der Waals surface area (Å²) in [7, 11) is 0. The van der Waals surface area contributed by atoms with Crippen LogP contribution in [0.15, 0.2) is 11.8 Å². The Labute approximate surface area is 79.6 Å². The first-order chi connectivity index (χ1) is 6.38. The van der Waals surface area contributed by atoms with Crippen LogP contribution in [0.3, 0.4) is 0 Å². The van der Waals surface area contributed by atoms with Gasteiger partial charge in [0, 0.05) is 18.7 Å². The minimum absolute atomic E-state index is 0.352. The fraction of sp³-hybridized carbons (Fsp3) is 0.727. The normalized spacial score (nSPS) is 24.5. The molecule has 0 saturated carbocycles. The van der Waals surface area contributed by atoms with Gasteiger partial charge < -0.3 is 4.90 Å². The van der Waals surface area contributed by atoms with Gasteiger partial charge in [-0.05, 0) is 38.5 Å². The number of piperidine rings is 1. The van der Waals surface area contributed by atoms with Gasteiger partial charge >= 0.3 is 0 Å². The van der Waals surface area contributed by atoms with Crippen molar-refractivity contribution in [3.8, 4) is 0 Å². The molecular weight excluding hydrogens is 162 g/mol. The van der Waals surface area contributed by atoms with Crippen LogP contribution in [-0.4, -0.2) is 17.4 Å². The lowest BCUT2D eigenvalue weighted by atomic mass is 10.0. The number of hydrogen-bond acceptors (Lipinski definition) is 1. The van der Waals surface area contributed by atoms with E-state index in [4.69, 9.17) is 0 Å². The van der Waals surface area contributed by atoms with E-state index in [0.717, 1.165) is 25.8 Å². The minimum atomic E-state index is 0.352. The van der Waals surface area contributed by atoms with E-state index < -0.39 is 0 Å². The highest BCUT2D eigenvalue weighted by Gasteiger charge is 2.21. The van der Waals surface area contributed by atoms with Gasteiger partial charge in [-0.15, -0.1) is 0 Å². The first kappa shape index (κ1) is 8.79. The van der Waals surface area contributed by atoms with Crippen molar-refractivity contribution in [1.29, 1.82) is 0 Å². The second kappa shape index (κ2) is 3.95. The third-order valence-electron chi connectivity index (χ3n) is 2.94. The Bertz CT molecular complexity index is 232. The van der Waals surface area contributed by atoms with Gasteiger partial charge in [0.1, 0.15) is 0 Å². The number of rotatable bonds is 0. The van der Waals surface area contributed by atoms with Crippen molar-refractivity contribution in [3.63, 3.8) is 0 Å². The second-order valence-corrected chi connectivity index (χ2v) is 3.94. The average molecular weight is 179 g/mol. The summed E-state index contributed by atoms with van der Waals surface area (Å²) in [5.74, 6) is 0.352. The smallest absolute Gasteiger partial charge is 0.226 e. The van der Waals surface area contributed by atoms with Crippen molar-refractivity contribution in [3.05, 3.63) is 11.8 Å². The summed E-state index contributed by atoms with van der Waals surface area (Å²) in [6, 6.07) is 0. The van der Waals surface area contributed by atoms with E-state index in [1.165, 1.54) is 31.4 Å². The maximum absolute atomic E-state index is 11.7. The molecule has 0 aliphatic carbocycles. The van der Waals surface area contributed by atoms with E-state index in [1.54, 1.807) is 0 Å². The molecule has 13 heavy (non-hydrogen) atoms. The number of carbonyl (C=O) groups excluding carboxylic acids is 1. The van der Waals surface area contributed by atoms with E-state index >= 15 is 0 Å². The summed E-state index contributed by atoms with van der Waals surface area (Å²) in [5.41, 5.74) is 1.30. The molecule has 2 rings (SSSR count). The molecule has 0 unspecified atom stereocenters. The van der Waals surface area contributed by atoms with Crippen molar-refractivity contribution in [2.24, 2.45) is 0 Å². The average Bonchev–Trinajstić information content (AvgIpc) is 2.14. The number of fused-ring (bicyclic) bond motifs is 1. The molecule has 1 amide bonds. The van der Waals surface area contributed by atoms with E-state index in [0.29, 0.717) is 5.91 Å². The number of amides is 1. The summed E-state index contributed by atoms with van der Waals surface area (Å²) in [6.07, 6.45) is 10.0. The largest absolute Gasteiger partial charge is 0.317 e. The molecule has 0 bridgehead atoms. The molecule has 2 nitrogen and oxygen atoms in total. The minimum Gasteiger partial charge on any atom is -0.317 e. The molecule has 0 radical (unpaired) electrons. The molecule has 0 aromatic carbocycles. The van der Waals surface area contributed by atoms with E-state index in [1.807, 2.05) is 4.90 Å². The van der Waals surface area contributed by atoms with Crippen molar-refractivity contribution in [2.45, 2.75) is 44.9 Å². The maximum Gasteiger partial charge on any atom is 0.226 e. The van der Waals surface area contributed by atoms with Crippen molar-refractivity contribution in [2.75, 3.05) is 6.54 Å². The Hall–Kier alpha value is -0.790. The van der Waals surface area contributed by atoms with Crippen LogP contribution in [0.1, 0.15) is 44.9 Å². The lowest BCUT2D eigenvalue weighted by Gasteiger charge is -2.31. The fourth-order valence-corrected chi connectivity index (χ4v) is 2.18. The van der Waals surface area contributed by atoms with Crippen LogP contribution in [0.4, 0.5) is 0 Å². The fourth-order valence-electron chi connectivity index (χ4n) is 2.18. The van der Waals surface area contributed by atoms with Crippen LogP contribution < -0.4 is 0 Å². The zero-order valence-electron chi connectivity index (χ0n) is 8.09. The van der Waals surface area contributed by atoms with E-state index in [2.05, 4.69) is 6.08 Å². The molecule has 0 N–H and O–H groups in total. The molecule has 2 heterocycles. The van der Waals surface area contributed by atoms with Gasteiger partial charge in [0.05, 0.1) is 0 Å². The van der Waals surface area contributed by atoms with Gasteiger partial charge in [-0.1, -0.05) is 6.08 Å².